The Bertz CT molecular complexity index is 789. The van der Waals surface area contributed by atoms with E-state index in [1.165, 1.54) is 18.2 Å². The van der Waals surface area contributed by atoms with Gasteiger partial charge in [0.15, 0.2) is 5.75 Å². The maximum Gasteiger partial charge on any atom is 0.150 e. The fourth-order valence-corrected chi connectivity index (χ4v) is 2.28. The summed E-state index contributed by atoms with van der Waals surface area (Å²) in [5.74, 6) is 0.651. The van der Waals surface area contributed by atoms with E-state index >= 15 is 0 Å². The Labute approximate surface area is 120 Å². The van der Waals surface area contributed by atoms with Gasteiger partial charge < -0.3 is 10.5 Å². The summed E-state index contributed by atoms with van der Waals surface area (Å²) in [7, 11) is 0. The van der Waals surface area contributed by atoms with Crippen molar-refractivity contribution in [3.8, 4) is 11.5 Å². The lowest BCUT2D eigenvalue weighted by Gasteiger charge is -2.11. The van der Waals surface area contributed by atoms with Crippen LogP contribution in [0, 0.1) is 5.82 Å². The topological polar surface area (TPSA) is 35.2 Å². The molecule has 0 aliphatic rings. The van der Waals surface area contributed by atoms with Crippen molar-refractivity contribution < 1.29 is 9.13 Å². The van der Waals surface area contributed by atoms with E-state index in [4.69, 9.17) is 22.1 Å². The number of hydrogen-bond donors (Lipinski definition) is 1. The van der Waals surface area contributed by atoms with Gasteiger partial charge in [-0.3, -0.25) is 0 Å². The van der Waals surface area contributed by atoms with E-state index in [-0.39, 0.29) is 5.69 Å². The standard InChI is InChI=1S/C16H11ClFNO/c17-13-6-8-15(12-4-2-1-3-11(12)13)20-16-7-5-10(18)9-14(16)19/h1-9H,19H2. The first kappa shape index (κ1) is 12.8. The van der Waals surface area contributed by atoms with Crippen LogP contribution in [0.2, 0.25) is 5.02 Å². The Morgan fingerprint density at radius 1 is 0.900 bits per heavy atom. The predicted molar refractivity (Wildman–Crippen MR) is 79.8 cm³/mol. The van der Waals surface area contributed by atoms with Crippen LogP contribution in [0.15, 0.2) is 54.6 Å². The summed E-state index contributed by atoms with van der Waals surface area (Å²) in [5, 5.41) is 2.43. The van der Waals surface area contributed by atoms with Gasteiger partial charge in [0.1, 0.15) is 11.6 Å². The van der Waals surface area contributed by atoms with Crippen LogP contribution in [0.25, 0.3) is 10.8 Å². The average molecular weight is 288 g/mol. The van der Waals surface area contributed by atoms with Crippen LogP contribution in [0.5, 0.6) is 11.5 Å². The molecule has 0 saturated heterocycles. The van der Waals surface area contributed by atoms with Gasteiger partial charge in [-0.1, -0.05) is 35.9 Å². The van der Waals surface area contributed by atoms with Gasteiger partial charge in [0.05, 0.1) is 5.69 Å². The number of ether oxygens (including phenoxy) is 1. The van der Waals surface area contributed by atoms with Crippen LogP contribution in [0.4, 0.5) is 10.1 Å². The molecule has 0 heterocycles. The van der Waals surface area contributed by atoms with Crippen molar-refractivity contribution in [2.24, 2.45) is 0 Å². The van der Waals surface area contributed by atoms with Gasteiger partial charge in [0.2, 0.25) is 0 Å². The maximum absolute atomic E-state index is 13.0. The SMILES string of the molecule is Nc1cc(F)ccc1Oc1ccc(Cl)c2ccccc12. The highest BCUT2D eigenvalue weighted by Gasteiger charge is 2.08. The molecular formula is C16H11ClFNO. The molecule has 0 radical (unpaired) electrons. The van der Waals surface area contributed by atoms with Crippen molar-refractivity contribution in [3.05, 3.63) is 65.4 Å². The molecule has 100 valence electrons. The normalized spacial score (nSPS) is 10.7. The number of nitrogen functional groups attached to an aromatic ring is 1. The number of benzene rings is 3. The highest BCUT2D eigenvalue weighted by Crippen LogP contribution is 2.35. The first-order valence-electron chi connectivity index (χ1n) is 6.05. The van der Waals surface area contributed by atoms with Crippen molar-refractivity contribution in [1.29, 1.82) is 0 Å². The number of anilines is 1. The van der Waals surface area contributed by atoms with Gasteiger partial charge in [-0.25, -0.2) is 4.39 Å². The van der Waals surface area contributed by atoms with Crippen molar-refractivity contribution in [3.63, 3.8) is 0 Å². The fourth-order valence-electron chi connectivity index (χ4n) is 2.05. The zero-order chi connectivity index (χ0) is 14.1. The third kappa shape index (κ3) is 2.28. The van der Waals surface area contributed by atoms with Crippen LogP contribution in [-0.4, -0.2) is 0 Å². The van der Waals surface area contributed by atoms with Crippen molar-refractivity contribution in [2.75, 3.05) is 5.73 Å². The zero-order valence-corrected chi connectivity index (χ0v) is 11.2. The second-order valence-corrected chi connectivity index (χ2v) is 4.78. The summed E-state index contributed by atoms with van der Waals surface area (Å²) in [6.45, 7) is 0. The Morgan fingerprint density at radius 3 is 2.35 bits per heavy atom. The fraction of sp³-hybridized carbons (Fsp3) is 0. The van der Waals surface area contributed by atoms with Gasteiger partial charge >= 0.3 is 0 Å². The Kier molecular flexibility index (Phi) is 3.20. The lowest BCUT2D eigenvalue weighted by Crippen LogP contribution is -1.93. The Morgan fingerprint density at radius 2 is 1.60 bits per heavy atom. The molecule has 2 nitrogen and oxygen atoms in total. The van der Waals surface area contributed by atoms with Crippen LogP contribution < -0.4 is 10.5 Å². The van der Waals surface area contributed by atoms with Crippen LogP contribution in [0.3, 0.4) is 0 Å². The molecule has 4 heteroatoms. The average Bonchev–Trinajstić information content (AvgIpc) is 2.45. The van der Waals surface area contributed by atoms with Crippen LogP contribution in [0.1, 0.15) is 0 Å². The molecule has 0 bridgehead atoms. The molecule has 3 rings (SSSR count). The summed E-state index contributed by atoms with van der Waals surface area (Å²) in [5.41, 5.74) is 6.01. The predicted octanol–water partition coefficient (Wildman–Crippen LogP) is 5.01. The molecule has 0 amide bonds. The van der Waals surface area contributed by atoms with Gasteiger partial charge in [0, 0.05) is 21.9 Å². The number of fused-ring (bicyclic) bond motifs is 1. The zero-order valence-electron chi connectivity index (χ0n) is 10.4. The Balaban J connectivity index is 2.09. The smallest absolute Gasteiger partial charge is 0.150 e. The summed E-state index contributed by atoms with van der Waals surface area (Å²) >= 11 is 6.15. The molecule has 0 aliphatic carbocycles. The highest BCUT2D eigenvalue weighted by molar-refractivity contribution is 6.35. The van der Waals surface area contributed by atoms with Crippen molar-refractivity contribution in [1.82, 2.24) is 0 Å². The summed E-state index contributed by atoms with van der Waals surface area (Å²) < 4.78 is 18.8. The van der Waals surface area contributed by atoms with Gasteiger partial charge in [-0.2, -0.15) is 0 Å². The van der Waals surface area contributed by atoms with E-state index in [0.29, 0.717) is 16.5 Å². The lowest BCUT2D eigenvalue weighted by molar-refractivity contribution is 0.489. The van der Waals surface area contributed by atoms with E-state index in [1.807, 2.05) is 24.3 Å². The quantitative estimate of drug-likeness (QED) is 0.673. The van der Waals surface area contributed by atoms with E-state index in [1.54, 1.807) is 12.1 Å². The molecule has 0 unspecified atom stereocenters. The van der Waals surface area contributed by atoms with Gasteiger partial charge in [-0.15, -0.1) is 0 Å². The molecule has 0 saturated carbocycles. The molecule has 2 N–H and O–H groups in total. The maximum atomic E-state index is 13.0. The number of nitrogens with two attached hydrogens (primary N) is 1. The molecule has 3 aromatic rings. The number of rotatable bonds is 2. The molecule has 0 spiro atoms. The van der Waals surface area contributed by atoms with E-state index in [9.17, 15) is 4.39 Å². The minimum Gasteiger partial charge on any atom is -0.455 e. The second-order valence-electron chi connectivity index (χ2n) is 4.38. The molecule has 20 heavy (non-hydrogen) atoms. The minimum absolute atomic E-state index is 0.254. The van der Waals surface area contributed by atoms with Crippen molar-refractivity contribution in [2.45, 2.75) is 0 Å². The van der Waals surface area contributed by atoms with E-state index in [0.717, 1.165) is 10.8 Å². The van der Waals surface area contributed by atoms with Gasteiger partial charge in [0.25, 0.3) is 0 Å². The molecule has 0 atom stereocenters. The molecule has 0 aliphatic heterocycles. The molecular weight excluding hydrogens is 277 g/mol. The van der Waals surface area contributed by atoms with E-state index in [2.05, 4.69) is 0 Å². The number of halogens is 2. The van der Waals surface area contributed by atoms with Crippen LogP contribution >= 0.6 is 11.6 Å². The van der Waals surface area contributed by atoms with Gasteiger partial charge in [-0.05, 0) is 24.3 Å². The summed E-state index contributed by atoms with van der Waals surface area (Å²) in [4.78, 5) is 0. The van der Waals surface area contributed by atoms with E-state index < -0.39 is 5.82 Å². The highest BCUT2D eigenvalue weighted by atomic mass is 35.5. The summed E-state index contributed by atoms with van der Waals surface area (Å²) in [6, 6.07) is 15.2. The lowest BCUT2D eigenvalue weighted by atomic mass is 10.1. The first-order chi connectivity index (χ1) is 9.65. The minimum atomic E-state index is -0.393. The second kappa shape index (κ2) is 5.02. The Hall–Kier alpha value is -2.26. The molecule has 0 aromatic heterocycles. The summed E-state index contributed by atoms with van der Waals surface area (Å²) in [6.07, 6.45) is 0. The molecule has 3 aromatic carbocycles. The largest absolute Gasteiger partial charge is 0.455 e. The third-order valence-electron chi connectivity index (χ3n) is 3.02. The first-order valence-corrected chi connectivity index (χ1v) is 6.43. The monoisotopic (exact) mass is 287 g/mol. The van der Waals surface area contributed by atoms with Crippen molar-refractivity contribution >= 4 is 28.1 Å². The number of hydrogen-bond acceptors (Lipinski definition) is 2. The van der Waals surface area contributed by atoms with Crippen LogP contribution in [-0.2, 0) is 0 Å². The molecule has 0 fully saturated rings. The third-order valence-corrected chi connectivity index (χ3v) is 3.35.